The number of amides is 1. The van der Waals surface area contributed by atoms with Crippen molar-refractivity contribution in [2.75, 3.05) is 39.8 Å². The minimum atomic E-state index is 0. The molecule has 2 aromatic rings. The van der Waals surface area contributed by atoms with Crippen molar-refractivity contribution in [3.8, 4) is 11.4 Å². The van der Waals surface area contributed by atoms with Crippen molar-refractivity contribution < 1.29 is 9.32 Å². The largest absolute Gasteiger partial charge is 0.340 e. The van der Waals surface area contributed by atoms with E-state index in [9.17, 15) is 4.79 Å². The van der Waals surface area contributed by atoms with Crippen molar-refractivity contribution >= 4 is 42.3 Å². The summed E-state index contributed by atoms with van der Waals surface area (Å²) in [6.07, 6.45) is 0.546. The van der Waals surface area contributed by atoms with Crippen LogP contribution in [0.5, 0.6) is 0 Å². The highest BCUT2D eigenvalue weighted by atomic mass is 35.5. The molecule has 0 unspecified atom stereocenters. The first-order valence-electron chi connectivity index (χ1n) is 8.39. The number of piperazine rings is 1. The van der Waals surface area contributed by atoms with Crippen LogP contribution in [0.15, 0.2) is 28.8 Å². The summed E-state index contributed by atoms with van der Waals surface area (Å²) >= 11 is 5.89. The second kappa shape index (κ2) is 11.5. The molecule has 27 heavy (non-hydrogen) atoms. The van der Waals surface area contributed by atoms with E-state index in [1.807, 2.05) is 24.1 Å². The van der Waals surface area contributed by atoms with Crippen LogP contribution in [-0.2, 0) is 11.3 Å². The normalized spacial score (nSPS) is 14.4. The van der Waals surface area contributed by atoms with Gasteiger partial charge >= 0.3 is 0 Å². The second-order valence-corrected chi connectivity index (χ2v) is 6.47. The first kappa shape index (κ1) is 23.7. The number of rotatable bonds is 6. The third-order valence-corrected chi connectivity index (χ3v) is 4.50. The molecule has 1 aliphatic heterocycles. The maximum atomic E-state index is 12.0. The zero-order valence-electron chi connectivity index (χ0n) is 15.1. The van der Waals surface area contributed by atoms with Gasteiger partial charge < -0.3 is 14.7 Å². The van der Waals surface area contributed by atoms with Crippen molar-refractivity contribution in [2.24, 2.45) is 0 Å². The molecule has 1 N–H and O–H groups in total. The van der Waals surface area contributed by atoms with Crippen molar-refractivity contribution in [1.82, 2.24) is 25.3 Å². The Morgan fingerprint density at radius 3 is 2.48 bits per heavy atom. The summed E-state index contributed by atoms with van der Waals surface area (Å²) in [7, 11) is 1.86. The maximum Gasteiger partial charge on any atom is 0.241 e. The highest BCUT2D eigenvalue weighted by Crippen LogP contribution is 2.19. The lowest BCUT2D eigenvalue weighted by Gasteiger charge is -2.34. The fourth-order valence-corrected chi connectivity index (χ4v) is 2.90. The summed E-state index contributed by atoms with van der Waals surface area (Å²) in [5.41, 5.74) is 0.874. The number of nitrogens with one attached hydrogen (secondary N) is 1. The molecule has 1 fully saturated rings. The van der Waals surface area contributed by atoms with Crippen LogP contribution in [0.2, 0.25) is 5.02 Å². The Hall–Kier alpha value is -1.38. The van der Waals surface area contributed by atoms with E-state index in [1.165, 1.54) is 0 Å². The monoisotopic (exact) mass is 435 g/mol. The van der Waals surface area contributed by atoms with E-state index in [0.29, 0.717) is 36.2 Å². The fourth-order valence-electron chi connectivity index (χ4n) is 2.77. The number of nitrogens with zero attached hydrogens (tertiary/aromatic N) is 4. The number of benzene rings is 1. The van der Waals surface area contributed by atoms with Gasteiger partial charge in [-0.05, 0) is 31.3 Å². The zero-order valence-corrected chi connectivity index (χ0v) is 17.4. The van der Waals surface area contributed by atoms with Gasteiger partial charge in [0.05, 0.1) is 6.54 Å². The number of carbonyl (C=O) groups is 1. The molecule has 10 heteroatoms. The average Bonchev–Trinajstić information content (AvgIpc) is 3.09. The van der Waals surface area contributed by atoms with E-state index >= 15 is 0 Å². The number of halogens is 3. The van der Waals surface area contributed by atoms with Crippen molar-refractivity contribution in [2.45, 2.75) is 13.0 Å². The van der Waals surface area contributed by atoms with E-state index in [-0.39, 0.29) is 30.7 Å². The summed E-state index contributed by atoms with van der Waals surface area (Å²) in [6, 6.07) is 7.34. The fraction of sp³-hybridized carbons (Fsp3) is 0.471. The summed E-state index contributed by atoms with van der Waals surface area (Å²) in [6.45, 7) is 4.41. The van der Waals surface area contributed by atoms with Gasteiger partial charge in [0.2, 0.25) is 17.6 Å². The molecule has 7 nitrogen and oxygen atoms in total. The molecular weight excluding hydrogens is 413 g/mol. The molecule has 3 rings (SSSR count). The summed E-state index contributed by atoms with van der Waals surface area (Å²) < 4.78 is 5.35. The van der Waals surface area contributed by atoms with Gasteiger partial charge in [0, 0.05) is 49.7 Å². The SMILES string of the molecule is CNCCC(=O)N1CCN(Cc2nc(-c3ccc(Cl)cc3)no2)CC1.Cl.Cl. The minimum absolute atomic E-state index is 0. The van der Waals surface area contributed by atoms with Crippen LogP contribution in [0.25, 0.3) is 11.4 Å². The number of carbonyl (C=O) groups excluding carboxylic acids is 1. The Kier molecular flexibility index (Phi) is 10.0. The topological polar surface area (TPSA) is 74.5 Å². The molecule has 0 saturated carbocycles. The molecule has 0 aliphatic carbocycles. The minimum Gasteiger partial charge on any atom is -0.340 e. The van der Waals surface area contributed by atoms with E-state index in [4.69, 9.17) is 16.1 Å². The molecule has 1 aromatic heterocycles. The van der Waals surface area contributed by atoms with Gasteiger partial charge in [0.15, 0.2) is 0 Å². The van der Waals surface area contributed by atoms with Gasteiger partial charge in [-0.3, -0.25) is 9.69 Å². The van der Waals surface area contributed by atoms with Crippen LogP contribution in [0.1, 0.15) is 12.3 Å². The van der Waals surface area contributed by atoms with Gasteiger partial charge in [0.1, 0.15) is 0 Å². The van der Waals surface area contributed by atoms with Crippen molar-refractivity contribution in [3.63, 3.8) is 0 Å². The predicted octanol–water partition coefficient (Wildman–Crippen LogP) is 2.49. The summed E-state index contributed by atoms with van der Waals surface area (Å²) in [4.78, 5) is 20.6. The zero-order chi connectivity index (χ0) is 17.6. The van der Waals surface area contributed by atoms with Gasteiger partial charge in [-0.2, -0.15) is 4.98 Å². The number of hydrogen-bond donors (Lipinski definition) is 1. The lowest BCUT2D eigenvalue weighted by Crippen LogP contribution is -2.48. The highest BCUT2D eigenvalue weighted by Gasteiger charge is 2.22. The third kappa shape index (κ3) is 6.62. The van der Waals surface area contributed by atoms with Crippen LogP contribution in [0, 0.1) is 0 Å². The standard InChI is InChI=1S/C17H22ClN5O2.2ClH/c1-19-7-6-16(24)23-10-8-22(9-11-23)12-15-20-17(21-25-15)13-2-4-14(18)5-3-13;;/h2-5,19H,6-12H2,1H3;2*1H. The van der Waals surface area contributed by atoms with E-state index < -0.39 is 0 Å². The summed E-state index contributed by atoms with van der Waals surface area (Å²) in [5, 5.41) is 7.71. The van der Waals surface area contributed by atoms with Crippen LogP contribution in [0.3, 0.4) is 0 Å². The van der Waals surface area contributed by atoms with E-state index in [2.05, 4.69) is 20.4 Å². The lowest BCUT2D eigenvalue weighted by molar-refractivity contribution is -0.132. The van der Waals surface area contributed by atoms with Gasteiger partial charge in [-0.1, -0.05) is 16.8 Å². The number of hydrogen-bond acceptors (Lipinski definition) is 6. The molecular formula is C17H24Cl3N5O2. The van der Waals surface area contributed by atoms with Crippen LogP contribution >= 0.6 is 36.4 Å². The Morgan fingerprint density at radius 2 is 1.85 bits per heavy atom. The average molecular weight is 437 g/mol. The molecule has 1 saturated heterocycles. The van der Waals surface area contributed by atoms with Gasteiger partial charge in [-0.15, -0.1) is 24.8 Å². The van der Waals surface area contributed by atoms with Crippen LogP contribution in [-0.4, -0.2) is 65.6 Å². The molecule has 0 radical (unpaired) electrons. The highest BCUT2D eigenvalue weighted by molar-refractivity contribution is 6.30. The Morgan fingerprint density at radius 1 is 1.19 bits per heavy atom. The van der Waals surface area contributed by atoms with Crippen molar-refractivity contribution in [1.29, 1.82) is 0 Å². The first-order chi connectivity index (χ1) is 12.2. The molecule has 1 amide bonds. The third-order valence-electron chi connectivity index (χ3n) is 4.24. The summed E-state index contributed by atoms with van der Waals surface area (Å²) in [5.74, 6) is 1.35. The van der Waals surface area contributed by atoms with Crippen molar-refractivity contribution in [3.05, 3.63) is 35.2 Å². The quantitative estimate of drug-likeness (QED) is 0.750. The maximum absolute atomic E-state index is 12.0. The molecule has 0 atom stereocenters. The molecule has 0 bridgehead atoms. The van der Waals surface area contributed by atoms with Gasteiger partial charge in [0.25, 0.3) is 0 Å². The molecule has 1 aliphatic rings. The first-order valence-corrected chi connectivity index (χ1v) is 8.77. The Balaban J connectivity index is 0.00000182. The van der Waals surface area contributed by atoms with E-state index in [0.717, 1.165) is 31.7 Å². The smallest absolute Gasteiger partial charge is 0.241 e. The molecule has 1 aromatic carbocycles. The van der Waals surface area contributed by atoms with E-state index in [1.54, 1.807) is 12.1 Å². The number of aromatic nitrogens is 2. The molecule has 2 heterocycles. The van der Waals surface area contributed by atoms with Crippen LogP contribution in [0.4, 0.5) is 0 Å². The lowest BCUT2D eigenvalue weighted by atomic mass is 10.2. The molecule has 0 spiro atoms. The van der Waals surface area contributed by atoms with Crippen LogP contribution < -0.4 is 5.32 Å². The Labute approximate surface area is 176 Å². The second-order valence-electron chi connectivity index (χ2n) is 6.03. The Bertz CT molecular complexity index is 703. The predicted molar refractivity (Wildman–Crippen MR) is 110 cm³/mol. The van der Waals surface area contributed by atoms with Gasteiger partial charge in [-0.25, -0.2) is 0 Å². The molecule has 150 valence electrons.